The van der Waals surface area contributed by atoms with Crippen molar-refractivity contribution in [3.8, 4) is 0 Å². The molecule has 1 unspecified atom stereocenters. The van der Waals surface area contributed by atoms with Crippen LogP contribution in [0, 0.1) is 5.92 Å². The molecule has 0 aromatic carbocycles. The number of halogens is 1. The van der Waals surface area contributed by atoms with Gasteiger partial charge >= 0.3 is 0 Å². The summed E-state index contributed by atoms with van der Waals surface area (Å²) in [5.41, 5.74) is 0.773. The number of aromatic nitrogens is 1. The first-order valence-electron chi connectivity index (χ1n) is 7.49. The zero-order valence-corrected chi connectivity index (χ0v) is 13.5. The van der Waals surface area contributed by atoms with Crippen molar-refractivity contribution in [3.63, 3.8) is 0 Å². The molecule has 1 aromatic heterocycles. The van der Waals surface area contributed by atoms with Gasteiger partial charge in [-0.15, -0.1) is 0 Å². The molecule has 3 heterocycles. The van der Waals surface area contributed by atoms with Crippen molar-refractivity contribution >= 4 is 21.8 Å². The lowest BCUT2D eigenvalue weighted by atomic mass is 9.88. The number of rotatable bonds is 2. The van der Waals surface area contributed by atoms with E-state index in [1.807, 2.05) is 28.8 Å². The van der Waals surface area contributed by atoms with Gasteiger partial charge in [0.2, 0.25) is 0 Å². The van der Waals surface area contributed by atoms with E-state index in [1.54, 1.807) is 0 Å². The Morgan fingerprint density at radius 1 is 1.35 bits per heavy atom. The van der Waals surface area contributed by atoms with Crippen molar-refractivity contribution in [2.45, 2.75) is 31.7 Å². The van der Waals surface area contributed by atoms with Gasteiger partial charge in [-0.2, -0.15) is 0 Å². The summed E-state index contributed by atoms with van der Waals surface area (Å²) in [6, 6.07) is 2.60. The summed E-state index contributed by atoms with van der Waals surface area (Å²) in [5.74, 6) is 0.915. The third-order valence-electron chi connectivity index (χ3n) is 4.68. The van der Waals surface area contributed by atoms with E-state index in [0.717, 1.165) is 42.0 Å². The first-order valence-corrected chi connectivity index (χ1v) is 8.29. The molecule has 0 spiro atoms. The molecular weight excluding hydrogens is 318 g/mol. The third-order valence-corrected chi connectivity index (χ3v) is 5.12. The van der Waals surface area contributed by atoms with Crippen LogP contribution in [0.4, 0.5) is 0 Å². The molecular formula is C15H22BrN3O. The molecule has 2 aliphatic rings. The van der Waals surface area contributed by atoms with Crippen LogP contribution in [0.3, 0.4) is 0 Å². The molecule has 2 aliphatic heterocycles. The summed E-state index contributed by atoms with van der Waals surface area (Å²) in [6.45, 7) is 2.95. The van der Waals surface area contributed by atoms with Crippen molar-refractivity contribution in [1.29, 1.82) is 0 Å². The first kappa shape index (κ1) is 14.1. The van der Waals surface area contributed by atoms with Crippen LogP contribution >= 0.6 is 15.9 Å². The standard InChI is InChI=1S/C15H22BrN3O/c1-18-10-12(16)9-14(18)15(20)19-7-4-11(5-8-19)13-3-2-6-17-13/h9-11,13,17H,2-8H2,1H3. The van der Waals surface area contributed by atoms with Crippen LogP contribution < -0.4 is 5.32 Å². The second-order valence-electron chi connectivity index (χ2n) is 5.99. The second kappa shape index (κ2) is 5.90. The van der Waals surface area contributed by atoms with E-state index < -0.39 is 0 Å². The number of nitrogens with zero attached hydrogens (tertiary/aromatic N) is 2. The van der Waals surface area contributed by atoms with E-state index in [1.165, 1.54) is 19.4 Å². The molecule has 2 saturated heterocycles. The van der Waals surface area contributed by atoms with Gasteiger partial charge in [-0.25, -0.2) is 0 Å². The van der Waals surface area contributed by atoms with Crippen LogP contribution in [0.5, 0.6) is 0 Å². The Labute approximate surface area is 128 Å². The van der Waals surface area contributed by atoms with Gasteiger partial charge in [0.05, 0.1) is 0 Å². The van der Waals surface area contributed by atoms with Crippen LogP contribution in [-0.2, 0) is 7.05 Å². The summed E-state index contributed by atoms with van der Waals surface area (Å²) in [4.78, 5) is 14.5. The molecule has 1 amide bonds. The second-order valence-corrected chi connectivity index (χ2v) is 6.90. The van der Waals surface area contributed by atoms with E-state index in [4.69, 9.17) is 0 Å². The minimum Gasteiger partial charge on any atom is -0.345 e. The highest BCUT2D eigenvalue weighted by Crippen LogP contribution is 2.26. The van der Waals surface area contributed by atoms with Gasteiger partial charge < -0.3 is 14.8 Å². The summed E-state index contributed by atoms with van der Waals surface area (Å²) in [6.07, 6.45) is 6.82. The van der Waals surface area contributed by atoms with Crippen LogP contribution in [-0.4, -0.2) is 41.1 Å². The predicted molar refractivity (Wildman–Crippen MR) is 82.8 cm³/mol. The largest absolute Gasteiger partial charge is 0.345 e. The fourth-order valence-electron chi connectivity index (χ4n) is 3.52. The monoisotopic (exact) mass is 339 g/mol. The molecule has 1 atom stereocenters. The normalized spacial score (nSPS) is 24.3. The molecule has 4 nitrogen and oxygen atoms in total. The van der Waals surface area contributed by atoms with Gasteiger partial charge in [0.15, 0.2) is 0 Å². The van der Waals surface area contributed by atoms with Gasteiger partial charge in [0.25, 0.3) is 5.91 Å². The van der Waals surface area contributed by atoms with E-state index in [9.17, 15) is 4.79 Å². The summed E-state index contributed by atoms with van der Waals surface area (Å²) in [5, 5.41) is 3.60. The SMILES string of the molecule is Cn1cc(Br)cc1C(=O)N1CCC(C2CCCN2)CC1. The number of hydrogen-bond donors (Lipinski definition) is 1. The maximum Gasteiger partial charge on any atom is 0.270 e. The van der Waals surface area contributed by atoms with Crippen molar-refractivity contribution in [3.05, 3.63) is 22.4 Å². The molecule has 1 aromatic rings. The number of nitrogens with one attached hydrogen (secondary N) is 1. The predicted octanol–water partition coefficient (Wildman–Crippen LogP) is 2.39. The minimum absolute atomic E-state index is 0.163. The van der Waals surface area contributed by atoms with Crippen LogP contribution in [0.15, 0.2) is 16.7 Å². The highest BCUT2D eigenvalue weighted by Gasteiger charge is 2.30. The minimum atomic E-state index is 0.163. The summed E-state index contributed by atoms with van der Waals surface area (Å²) >= 11 is 3.43. The number of amides is 1. The average Bonchev–Trinajstić information content (AvgIpc) is 3.08. The Kier molecular flexibility index (Phi) is 4.17. The van der Waals surface area contributed by atoms with Crippen molar-refractivity contribution in [2.75, 3.05) is 19.6 Å². The Morgan fingerprint density at radius 2 is 2.10 bits per heavy atom. The lowest BCUT2D eigenvalue weighted by Gasteiger charge is -2.35. The Morgan fingerprint density at radius 3 is 2.65 bits per heavy atom. The maximum atomic E-state index is 12.5. The molecule has 110 valence electrons. The van der Waals surface area contributed by atoms with Gasteiger partial charge in [-0.1, -0.05) is 0 Å². The van der Waals surface area contributed by atoms with Crippen molar-refractivity contribution < 1.29 is 4.79 Å². The Hall–Kier alpha value is -0.810. The smallest absolute Gasteiger partial charge is 0.270 e. The van der Waals surface area contributed by atoms with Gasteiger partial charge in [-0.3, -0.25) is 4.79 Å². The van der Waals surface area contributed by atoms with Gasteiger partial charge in [-0.05, 0) is 60.1 Å². The zero-order valence-electron chi connectivity index (χ0n) is 11.9. The van der Waals surface area contributed by atoms with Gasteiger partial charge in [0, 0.05) is 36.8 Å². The molecule has 2 fully saturated rings. The fraction of sp³-hybridized carbons (Fsp3) is 0.667. The summed E-state index contributed by atoms with van der Waals surface area (Å²) in [7, 11) is 1.92. The number of likely N-dealkylation sites (tertiary alicyclic amines) is 1. The highest BCUT2D eigenvalue weighted by atomic mass is 79.9. The molecule has 5 heteroatoms. The number of aryl methyl sites for hydroxylation is 1. The van der Waals surface area contributed by atoms with Crippen molar-refractivity contribution in [2.24, 2.45) is 13.0 Å². The number of carbonyl (C=O) groups is 1. The molecule has 3 rings (SSSR count). The fourth-order valence-corrected chi connectivity index (χ4v) is 4.04. The average molecular weight is 340 g/mol. The molecule has 0 bridgehead atoms. The Bertz CT molecular complexity index is 485. The molecule has 1 N–H and O–H groups in total. The summed E-state index contributed by atoms with van der Waals surface area (Å²) < 4.78 is 2.87. The maximum absolute atomic E-state index is 12.5. The van der Waals surface area contributed by atoms with E-state index in [0.29, 0.717) is 6.04 Å². The molecule has 0 aliphatic carbocycles. The molecule has 20 heavy (non-hydrogen) atoms. The topological polar surface area (TPSA) is 37.3 Å². The lowest BCUT2D eigenvalue weighted by molar-refractivity contribution is 0.0665. The molecule has 0 saturated carbocycles. The van der Waals surface area contributed by atoms with Crippen LogP contribution in [0.1, 0.15) is 36.2 Å². The Balaban J connectivity index is 1.60. The number of carbonyl (C=O) groups excluding carboxylic acids is 1. The highest BCUT2D eigenvalue weighted by molar-refractivity contribution is 9.10. The lowest BCUT2D eigenvalue weighted by Crippen LogP contribution is -2.43. The van der Waals surface area contributed by atoms with E-state index >= 15 is 0 Å². The number of hydrogen-bond acceptors (Lipinski definition) is 2. The van der Waals surface area contributed by atoms with Crippen molar-refractivity contribution in [1.82, 2.24) is 14.8 Å². The van der Waals surface area contributed by atoms with Gasteiger partial charge in [0.1, 0.15) is 5.69 Å². The van der Waals surface area contributed by atoms with E-state index in [-0.39, 0.29) is 5.91 Å². The third kappa shape index (κ3) is 2.79. The zero-order chi connectivity index (χ0) is 14.1. The van der Waals surface area contributed by atoms with Crippen LogP contribution in [0.25, 0.3) is 0 Å². The number of piperidine rings is 1. The van der Waals surface area contributed by atoms with E-state index in [2.05, 4.69) is 21.2 Å². The molecule has 0 radical (unpaired) electrons. The quantitative estimate of drug-likeness (QED) is 0.898. The first-order chi connectivity index (χ1) is 9.65. The van der Waals surface area contributed by atoms with Crippen LogP contribution in [0.2, 0.25) is 0 Å².